The molecule has 0 aromatic heterocycles. The lowest BCUT2D eigenvalue weighted by Gasteiger charge is -2.06. The molecule has 17 heavy (non-hydrogen) atoms. The molecule has 0 aliphatic carbocycles. The first-order valence-electron chi connectivity index (χ1n) is 4.63. The SMILES string of the molecule is O=C1CSC(=S)N1/N=C/c1ccc(O)c(O)c1. The number of phenols is 2. The van der Waals surface area contributed by atoms with E-state index in [1.807, 2.05) is 0 Å². The van der Waals surface area contributed by atoms with E-state index in [1.54, 1.807) is 6.07 Å². The number of carbonyl (C=O) groups excluding carboxylic acids is 1. The summed E-state index contributed by atoms with van der Waals surface area (Å²) in [5.74, 6) is -0.305. The summed E-state index contributed by atoms with van der Waals surface area (Å²) in [4.78, 5) is 11.3. The van der Waals surface area contributed by atoms with E-state index in [0.29, 0.717) is 15.6 Å². The average molecular weight is 268 g/mol. The Labute approximate surface area is 107 Å². The summed E-state index contributed by atoms with van der Waals surface area (Å²) in [6.45, 7) is 0. The number of benzene rings is 1. The number of aromatic hydroxyl groups is 2. The zero-order valence-electron chi connectivity index (χ0n) is 8.53. The molecule has 1 aliphatic rings. The second-order valence-electron chi connectivity index (χ2n) is 3.25. The molecule has 0 saturated carbocycles. The third-order valence-electron chi connectivity index (χ3n) is 2.05. The quantitative estimate of drug-likeness (QED) is 0.480. The van der Waals surface area contributed by atoms with E-state index in [2.05, 4.69) is 5.10 Å². The Kier molecular flexibility index (Phi) is 3.30. The zero-order valence-corrected chi connectivity index (χ0v) is 10.2. The summed E-state index contributed by atoms with van der Waals surface area (Å²) >= 11 is 6.20. The van der Waals surface area contributed by atoms with Crippen LogP contribution in [0.1, 0.15) is 5.56 Å². The minimum Gasteiger partial charge on any atom is -0.504 e. The number of thiocarbonyl (C=S) groups is 1. The van der Waals surface area contributed by atoms with Crippen LogP contribution in [-0.2, 0) is 4.79 Å². The molecule has 7 heteroatoms. The monoisotopic (exact) mass is 268 g/mol. The zero-order chi connectivity index (χ0) is 12.4. The molecule has 5 nitrogen and oxygen atoms in total. The van der Waals surface area contributed by atoms with Crippen LogP contribution in [0, 0.1) is 0 Å². The van der Waals surface area contributed by atoms with Crippen molar-refractivity contribution >= 4 is 40.4 Å². The van der Waals surface area contributed by atoms with Crippen molar-refractivity contribution < 1.29 is 15.0 Å². The van der Waals surface area contributed by atoms with Gasteiger partial charge in [-0.05, 0) is 23.8 Å². The Balaban J connectivity index is 2.17. The van der Waals surface area contributed by atoms with Crippen LogP contribution in [0.3, 0.4) is 0 Å². The van der Waals surface area contributed by atoms with Gasteiger partial charge in [0.25, 0.3) is 5.91 Å². The maximum atomic E-state index is 11.3. The summed E-state index contributed by atoms with van der Waals surface area (Å²) in [5, 5.41) is 23.5. The van der Waals surface area contributed by atoms with Crippen molar-refractivity contribution in [2.75, 3.05) is 5.75 Å². The maximum absolute atomic E-state index is 11.3. The van der Waals surface area contributed by atoms with Crippen LogP contribution in [0.15, 0.2) is 23.3 Å². The molecule has 88 valence electrons. The first kappa shape index (κ1) is 11.9. The molecular weight excluding hydrogens is 260 g/mol. The fourth-order valence-electron chi connectivity index (χ4n) is 1.20. The second-order valence-corrected chi connectivity index (χ2v) is 4.86. The largest absolute Gasteiger partial charge is 0.504 e. The minimum absolute atomic E-state index is 0.167. The normalized spacial score (nSPS) is 16.1. The number of amides is 1. The van der Waals surface area contributed by atoms with Crippen LogP contribution in [0.25, 0.3) is 0 Å². The number of carbonyl (C=O) groups is 1. The topological polar surface area (TPSA) is 73.1 Å². The van der Waals surface area contributed by atoms with E-state index < -0.39 is 0 Å². The highest BCUT2D eigenvalue weighted by Gasteiger charge is 2.25. The van der Waals surface area contributed by atoms with Crippen LogP contribution >= 0.6 is 24.0 Å². The van der Waals surface area contributed by atoms with E-state index in [-0.39, 0.29) is 17.4 Å². The van der Waals surface area contributed by atoms with Crippen molar-refractivity contribution in [2.45, 2.75) is 0 Å². The molecule has 2 N–H and O–H groups in total. The number of thioether (sulfide) groups is 1. The molecule has 1 heterocycles. The lowest BCUT2D eigenvalue weighted by molar-refractivity contribution is -0.123. The molecule has 0 atom stereocenters. The highest BCUT2D eigenvalue weighted by Crippen LogP contribution is 2.24. The lowest BCUT2D eigenvalue weighted by Crippen LogP contribution is -2.22. The van der Waals surface area contributed by atoms with Gasteiger partial charge in [-0.15, -0.1) is 0 Å². The molecule has 0 spiro atoms. The molecule has 0 radical (unpaired) electrons. The van der Waals surface area contributed by atoms with Gasteiger partial charge >= 0.3 is 0 Å². The summed E-state index contributed by atoms with van der Waals surface area (Å²) < 4.78 is 0.411. The van der Waals surface area contributed by atoms with Crippen LogP contribution in [0.4, 0.5) is 0 Å². The number of hydrazone groups is 1. The van der Waals surface area contributed by atoms with Crippen LogP contribution in [-0.4, -0.2) is 37.4 Å². The summed E-state index contributed by atoms with van der Waals surface area (Å²) in [5.41, 5.74) is 0.563. The molecule has 0 unspecified atom stereocenters. The van der Waals surface area contributed by atoms with Crippen molar-refractivity contribution in [1.82, 2.24) is 5.01 Å². The molecule has 1 saturated heterocycles. The van der Waals surface area contributed by atoms with Crippen molar-refractivity contribution in [3.05, 3.63) is 23.8 Å². The standard InChI is InChI=1S/C10H8N2O3S2/c13-7-2-1-6(3-8(7)14)4-11-12-9(15)5-17-10(12)16/h1-4,13-14H,5H2/b11-4+. The first-order valence-corrected chi connectivity index (χ1v) is 6.03. The van der Waals surface area contributed by atoms with Gasteiger partial charge < -0.3 is 10.2 Å². The van der Waals surface area contributed by atoms with Crippen LogP contribution < -0.4 is 0 Å². The molecule has 0 bridgehead atoms. The van der Waals surface area contributed by atoms with E-state index in [1.165, 1.54) is 30.1 Å². The molecule has 2 rings (SSSR count). The fraction of sp³-hybridized carbons (Fsp3) is 0.100. The van der Waals surface area contributed by atoms with Gasteiger partial charge in [-0.2, -0.15) is 10.1 Å². The van der Waals surface area contributed by atoms with Gasteiger partial charge in [0.2, 0.25) is 0 Å². The Hall–Kier alpha value is -1.60. The van der Waals surface area contributed by atoms with E-state index in [0.717, 1.165) is 5.01 Å². The van der Waals surface area contributed by atoms with Gasteiger partial charge in [0.15, 0.2) is 15.8 Å². The Morgan fingerprint density at radius 2 is 2.18 bits per heavy atom. The number of hydrogen-bond acceptors (Lipinski definition) is 6. The Bertz CT molecular complexity index is 500. The fourth-order valence-corrected chi connectivity index (χ4v) is 2.17. The van der Waals surface area contributed by atoms with Gasteiger partial charge in [0, 0.05) is 0 Å². The highest BCUT2D eigenvalue weighted by molar-refractivity contribution is 8.23. The van der Waals surface area contributed by atoms with Crippen molar-refractivity contribution in [3.8, 4) is 11.5 Å². The molecule has 1 fully saturated rings. The number of hydrogen-bond donors (Lipinski definition) is 2. The Morgan fingerprint density at radius 1 is 1.41 bits per heavy atom. The molecule has 1 aromatic carbocycles. The number of rotatable bonds is 2. The molecular formula is C10H8N2O3S2. The van der Waals surface area contributed by atoms with Gasteiger partial charge in [-0.25, -0.2) is 0 Å². The smallest absolute Gasteiger partial charge is 0.259 e. The third kappa shape index (κ3) is 2.56. The predicted molar refractivity (Wildman–Crippen MR) is 69.3 cm³/mol. The lowest BCUT2D eigenvalue weighted by atomic mass is 10.2. The summed E-state index contributed by atoms with van der Waals surface area (Å²) in [6, 6.07) is 4.25. The van der Waals surface area contributed by atoms with Crippen molar-refractivity contribution in [3.63, 3.8) is 0 Å². The minimum atomic E-state index is -0.237. The third-order valence-corrected chi connectivity index (χ3v) is 3.39. The second kappa shape index (κ2) is 4.72. The van der Waals surface area contributed by atoms with Crippen LogP contribution in [0.5, 0.6) is 11.5 Å². The molecule has 1 amide bonds. The van der Waals surface area contributed by atoms with Gasteiger partial charge in [-0.3, -0.25) is 4.79 Å². The van der Waals surface area contributed by atoms with Gasteiger partial charge in [-0.1, -0.05) is 24.0 Å². The number of nitrogens with zero attached hydrogens (tertiary/aromatic N) is 2. The van der Waals surface area contributed by atoms with E-state index in [9.17, 15) is 9.90 Å². The van der Waals surface area contributed by atoms with E-state index >= 15 is 0 Å². The maximum Gasteiger partial charge on any atom is 0.259 e. The van der Waals surface area contributed by atoms with Crippen molar-refractivity contribution in [1.29, 1.82) is 0 Å². The molecule has 1 aromatic rings. The van der Waals surface area contributed by atoms with Gasteiger partial charge in [0.05, 0.1) is 12.0 Å². The summed E-state index contributed by atoms with van der Waals surface area (Å²) in [6.07, 6.45) is 1.40. The number of phenolic OH excluding ortho intramolecular Hbond substituents is 2. The van der Waals surface area contributed by atoms with Gasteiger partial charge in [0.1, 0.15) is 0 Å². The van der Waals surface area contributed by atoms with Crippen molar-refractivity contribution in [2.24, 2.45) is 5.10 Å². The molecule has 1 aliphatic heterocycles. The first-order chi connectivity index (χ1) is 8.08. The average Bonchev–Trinajstić information content (AvgIpc) is 2.61. The van der Waals surface area contributed by atoms with E-state index in [4.69, 9.17) is 17.3 Å². The Morgan fingerprint density at radius 3 is 2.76 bits per heavy atom. The summed E-state index contributed by atoms with van der Waals surface area (Å²) in [7, 11) is 0. The van der Waals surface area contributed by atoms with Crippen LogP contribution in [0.2, 0.25) is 0 Å². The highest BCUT2D eigenvalue weighted by atomic mass is 32.2. The predicted octanol–water partition coefficient (Wildman–Crippen LogP) is 1.29.